The molecule has 3 rings (SSSR count). The number of rotatable bonds is 4. The summed E-state index contributed by atoms with van der Waals surface area (Å²) in [6.07, 6.45) is 0.271. The van der Waals surface area contributed by atoms with Crippen LogP contribution in [-0.4, -0.2) is 39.2 Å². The van der Waals surface area contributed by atoms with Crippen LogP contribution >= 0.6 is 0 Å². The third kappa shape index (κ3) is 3.82. The van der Waals surface area contributed by atoms with Crippen molar-refractivity contribution in [2.24, 2.45) is 0 Å². The molecule has 1 N–H and O–H groups in total. The Balaban J connectivity index is 1.83. The van der Waals surface area contributed by atoms with E-state index in [9.17, 15) is 22.8 Å². The first-order valence-electron chi connectivity index (χ1n) is 7.12. The van der Waals surface area contributed by atoms with Crippen LogP contribution < -0.4 is 5.32 Å². The summed E-state index contributed by atoms with van der Waals surface area (Å²) >= 11 is 0. The Bertz CT molecular complexity index is 935. The molecule has 0 fully saturated rings. The molecule has 2 aromatic heterocycles. The highest BCUT2D eigenvalue weighted by molar-refractivity contribution is 6.43. The van der Waals surface area contributed by atoms with Crippen LogP contribution in [-0.2, 0) is 4.79 Å². The Morgan fingerprint density at radius 1 is 1.20 bits per heavy atom. The molecule has 3 aromatic rings. The van der Waals surface area contributed by atoms with Gasteiger partial charge in [0, 0.05) is 23.3 Å². The van der Waals surface area contributed by atoms with Crippen molar-refractivity contribution in [3.8, 4) is 5.69 Å². The zero-order chi connectivity index (χ0) is 18.0. The summed E-state index contributed by atoms with van der Waals surface area (Å²) in [5.74, 6) is -2.35. The van der Waals surface area contributed by atoms with Crippen LogP contribution in [0.4, 0.5) is 13.2 Å². The number of nitrogens with one attached hydrogen (secondary N) is 1. The van der Waals surface area contributed by atoms with Crippen molar-refractivity contribution in [2.45, 2.75) is 6.18 Å². The highest BCUT2D eigenvalue weighted by Crippen LogP contribution is 2.18. The first-order chi connectivity index (χ1) is 11.8. The van der Waals surface area contributed by atoms with E-state index in [1.54, 1.807) is 40.7 Å². The van der Waals surface area contributed by atoms with Crippen LogP contribution in [0.2, 0.25) is 0 Å². The standard InChI is InChI=1S/C16H11F3N4O2/c17-16(18,19)9-21-15(25)14(24)10-3-4-13-11(6-10)8-23(22-13)12-2-1-5-20-7-12/h1-8H,9H2,(H,21,25). The fraction of sp³-hybridized carbons (Fsp3) is 0.125. The molecule has 1 amide bonds. The summed E-state index contributed by atoms with van der Waals surface area (Å²) < 4.78 is 37.9. The van der Waals surface area contributed by atoms with Crippen LogP contribution in [0.3, 0.4) is 0 Å². The van der Waals surface area contributed by atoms with E-state index in [0.29, 0.717) is 16.6 Å². The number of pyridine rings is 1. The first-order valence-corrected chi connectivity index (χ1v) is 7.12. The van der Waals surface area contributed by atoms with Gasteiger partial charge in [0.2, 0.25) is 5.78 Å². The van der Waals surface area contributed by atoms with Gasteiger partial charge in [-0.15, -0.1) is 0 Å². The number of halogens is 3. The molecule has 6 nitrogen and oxygen atoms in total. The molecule has 0 bridgehead atoms. The lowest BCUT2D eigenvalue weighted by atomic mass is 10.1. The highest BCUT2D eigenvalue weighted by Gasteiger charge is 2.29. The Hall–Kier alpha value is -3.23. The number of fused-ring (bicyclic) bond motifs is 1. The molecule has 128 valence electrons. The van der Waals surface area contributed by atoms with Crippen molar-refractivity contribution in [1.82, 2.24) is 20.1 Å². The zero-order valence-electron chi connectivity index (χ0n) is 12.6. The minimum Gasteiger partial charge on any atom is -0.340 e. The Morgan fingerprint density at radius 3 is 2.68 bits per heavy atom. The number of Topliss-reactive ketones (excluding diaryl/α,β-unsaturated/α-hetero) is 1. The van der Waals surface area contributed by atoms with Gasteiger partial charge in [0.1, 0.15) is 6.54 Å². The minimum atomic E-state index is -4.58. The van der Waals surface area contributed by atoms with Crippen molar-refractivity contribution in [2.75, 3.05) is 6.54 Å². The summed E-state index contributed by atoms with van der Waals surface area (Å²) in [6.45, 7) is -1.56. The number of ketones is 1. The molecular formula is C16H11F3N4O2. The van der Waals surface area contributed by atoms with Crippen molar-refractivity contribution < 1.29 is 22.8 Å². The van der Waals surface area contributed by atoms with E-state index in [2.05, 4.69) is 10.1 Å². The van der Waals surface area contributed by atoms with Gasteiger partial charge < -0.3 is 5.32 Å². The van der Waals surface area contributed by atoms with Crippen LogP contribution in [0.5, 0.6) is 0 Å². The predicted molar refractivity (Wildman–Crippen MR) is 82.3 cm³/mol. The monoisotopic (exact) mass is 348 g/mol. The average molecular weight is 348 g/mol. The van der Waals surface area contributed by atoms with Crippen molar-refractivity contribution in [1.29, 1.82) is 0 Å². The molecule has 0 aliphatic carbocycles. The fourth-order valence-corrected chi connectivity index (χ4v) is 2.18. The van der Waals surface area contributed by atoms with Crippen LogP contribution in [0.15, 0.2) is 48.9 Å². The van der Waals surface area contributed by atoms with E-state index in [4.69, 9.17) is 0 Å². The number of alkyl halides is 3. The largest absolute Gasteiger partial charge is 0.405 e. The normalized spacial score (nSPS) is 11.5. The Labute approximate surface area is 139 Å². The van der Waals surface area contributed by atoms with E-state index < -0.39 is 24.4 Å². The maximum absolute atomic E-state index is 12.1. The number of carbonyl (C=O) groups excluding carboxylic acids is 2. The molecule has 2 heterocycles. The molecule has 0 saturated heterocycles. The number of nitrogens with zero attached hydrogens (tertiary/aromatic N) is 3. The number of aromatic nitrogens is 3. The molecule has 0 aliphatic rings. The summed E-state index contributed by atoms with van der Waals surface area (Å²) in [4.78, 5) is 27.5. The van der Waals surface area contributed by atoms with Gasteiger partial charge in [-0.3, -0.25) is 14.6 Å². The Kier molecular flexibility index (Phi) is 4.22. The van der Waals surface area contributed by atoms with E-state index >= 15 is 0 Å². The van der Waals surface area contributed by atoms with Gasteiger partial charge in [0.15, 0.2) is 0 Å². The molecule has 0 unspecified atom stereocenters. The summed E-state index contributed by atoms with van der Waals surface area (Å²) in [5, 5.41) is 6.44. The smallest absolute Gasteiger partial charge is 0.340 e. The SMILES string of the molecule is O=C(NCC(F)(F)F)C(=O)c1ccc2nn(-c3cccnc3)cc2c1. The van der Waals surface area contributed by atoms with Crippen LogP contribution in [0, 0.1) is 0 Å². The number of amides is 1. The molecule has 9 heteroatoms. The van der Waals surface area contributed by atoms with Gasteiger partial charge in [-0.25, -0.2) is 4.68 Å². The van der Waals surface area contributed by atoms with E-state index in [1.807, 2.05) is 0 Å². The Morgan fingerprint density at radius 2 is 2.00 bits per heavy atom. The van der Waals surface area contributed by atoms with E-state index in [-0.39, 0.29) is 5.56 Å². The number of benzene rings is 1. The number of carbonyl (C=O) groups is 2. The second-order valence-corrected chi connectivity index (χ2v) is 5.19. The fourth-order valence-electron chi connectivity index (χ4n) is 2.18. The van der Waals surface area contributed by atoms with Crippen molar-refractivity contribution in [3.63, 3.8) is 0 Å². The lowest BCUT2D eigenvalue weighted by Crippen LogP contribution is -2.38. The second kappa shape index (κ2) is 6.34. The number of hydrogen-bond acceptors (Lipinski definition) is 4. The van der Waals surface area contributed by atoms with Crippen LogP contribution in [0.1, 0.15) is 10.4 Å². The maximum Gasteiger partial charge on any atom is 0.405 e. The quantitative estimate of drug-likeness (QED) is 0.580. The molecule has 0 atom stereocenters. The summed E-state index contributed by atoms with van der Waals surface area (Å²) in [7, 11) is 0. The summed E-state index contributed by atoms with van der Waals surface area (Å²) in [6, 6.07) is 7.80. The predicted octanol–water partition coefficient (Wildman–Crippen LogP) is 2.28. The van der Waals surface area contributed by atoms with Gasteiger partial charge in [-0.2, -0.15) is 18.3 Å². The molecule has 0 spiro atoms. The van der Waals surface area contributed by atoms with E-state index in [1.165, 1.54) is 18.2 Å². The van der Waals surface area contributed by atoms with Gasteiger partial charge in [0.05, 0.1) is 17.4 Å². The van der Waals surface area contributed by atoms with Gasteiger partial charge in [-0.1, -0.05) is 0 Å². The second-order valence-electron chi connectivity index (χ2n) is 5.19. The molecule has 25 heavy (non-hydrogen) atoms. The third-order valence-corrected chi connectivity index (χ3v) is 3.33. The van der Waals surface area contributed by atoms with Crippen molar-refractivity contribution in [3.05, 3.63) is 54.5 Å². The molecular weight excluding hydrogens is 337 g/mol. The topological polar surface area (TPSA) is 76.9 Å². The van der Waals surface area contributed by atoms with Gasteiger partial charge in [-0.05, 0) is 30.3 Å². The van der Waals surface area contributed by atoms with Gasteiger partial charge in [0.25, 0.3) is 5.91 Å². The molecule has 0 aliphatic heterocycles. The zero-order valence-corrected chi connectivity index (χ0v) is 12.6. The van der Waals surface area contributed by atoms with Crippen molar-refractivity contribution >= 4 is 22.6 Å². The van der Waals surface area contributed by atoms with E-state index in [0.717, 1.165) is 0 Å². The van der Waals surface area contributed by atoms with Crippen LogP contribution in [0.25, 0.3) is 16.6 Å². The third-order valence-electron chi connectivity index (χ3n) is 3.33. The maximum atomic E-state index is 12.1. The average Bonchev–Trinajstić information content (AvgIpc) is 3.02. The summed E-state index contributed by atoms with van der Waals surface area (Å²) in [5.41, 5.74) is 1.25. The molecule has 1 aromatic carbocycles. The highest BCUT2D eigenvalue weighted by atomic mass is 19.4. The minimum absolute atomic E-state index is 0.0158. The number of hydrogen-bond donors (Lipinski definition) is 1. The van der Waals surface area contributed by atoms with Gasteiger partial charge >= 0.3 is 6.18 Å². The lowest BCUT2D eigenvalue weighted by Gasteiger charge is -2.07. The lowest BCUT2D eigenvalue weighted by molar-refractivity contribution is -0.135. The first kappa shape index (κ1) is 16.6. The molecule has 0 saturated carbocycles. The molecule has 0 radical (unpaired) electrons.